The Hall–Kier alpha value is -5.11. The molecule has 0 amide bonds. The molecule has 0 spiro atoms. The molecule has 12 rings (SSSR count). The largest absolute Gasteiger partial charge is 0.508 e. The fourth-order valence-electron chi connectivity index (χ4n) is 12.8. The van der Waals surface area contributed by atoms with Gasteiger partial charge >= 0.3 is 0 Å². The number of nitrogens with zero attached hydrogens (tertiary/aromatic N) is 1. The van der Waals surface area contributed by atoms with Crippen molar-refractivity contribution in [2.45, 2.75) is 128 Å². The molecule has 65 heavy (non-hydrogen) atoms. The third kappa shape index (κ3) is 8.26. The first-order valence-corrected chi connectivity index (χ1v) is 24.5. The molecule has 5 aliphatic heterocycles. The molecule has 11 unspecified atom stereocenters. The first kappa shape index (κ1) is 43.8. The molecule has 0 saturated heterocycles. The van der Waals surface area contributed by atoms with Crippen LogP contribution in [-0.2, 0) is 19.3 Å². The van der Waals surface area contributed by atoms with Crippen molar-refractivity contribution in [1.29, 1.82) is 0 Å². The highest BCUT2D eigenvalue weighted by Crippen LogP contribution is 2.57. The van der Waals surface area contributed by atoms with Gasteiger partial charge in [0.15, 0.2) is 17.5 Å². The molecule has 4 aliphatic carbocycles. The van der Waals surface area contributed by atoms with Crippen molar-refractivity contribution in [3.8, 4) is 51.9 Å². The quantitative estimate of drug-likeness (QED) is 0.128. The third-order valence-electron chi connectivity index (χ3n) is 16.1. The van der Waals surface area contributed by atoms with Gasteiger partial charge in [-0.2, -0.15) is 0 Å². The second-order valence-corrected chi connectivity index (χ2v) is 20.6. The molecule has 344 valence electrons. The summed E-state index contributed by atoms with van der Waals surface area (Å²) in [6.45, 7) is 7.81. The van der Waals surface area contributed by atoms with Crippen LogP contribution in [0.2, 0.25) is 0 Å². The number of aliphatic hydroxyl groups is 2. The van der Waals surface area contributed by atoms with Gasteiger partial charge in [-0.3, -0.25) is 4.99 Å². The molecule has 0 aromatic heterocycles. The Balaban J connectivity index is 1.09. The monoisotopic (exact) mass is 881 g/mol. The van der Waals surface area contributed by atoms with Gasteiger partial charge in [0.1, 0.15) is 35.6 Å². The topological polar surface area (TPSA) is 148 Å². The van der Waals surface area contributed by atoms with E-state index in [9.17, 15) is 15.3 Å². The number of hydrogen-bond donors (Lipinski definition) is 5. The van der Waals surface area contributed by atoms with Gasteiger partial charge in [-0.05, 0) is 133 Å². The van der Waals surface area contributed by atoms with Crippen LogP contribution in [0.1, 0.15) is 118 Å². The highest BCUT2D eigenvalue weighted by atomic mass is 16.5. The number of guanidine groups is 1. The molecule has 1 fully saturated rings. The summed E-state index contributed by atoms with van der Waals surface area (Å²) in [5.74, 6) is 8.26. The molecule has 10 heteroatoms. The lowest BCUT2D eigenvalue weighted by Crippen LogP contribution is -2.51. The van der Waals surface area contributed by atoms with E-state index >= 15 is 0 Å². The number of aliphatic imine (C=N–C) groups is 1. The molecule has 3 aromatic carbocycles. The fourth-order valence-corrected chi connectivity index (χ4v) is 12.8. The van der Waals surface area contributed by atoms with Gasteiger partial charge < -0.3 is 45.3 Å². The summed E-state index contributed by atoms with van der Waals surface area (Å²) in [6.07, 6.45) is 20.0. The number of nitrogens with two attached hydrogens (primary N) is 1. The highest BCUT2D eigenvalue weighted by Gasteiger charge is 2.51. The number of phenolic OH excluding ortho intramolecular Hbond substituents is 1. The zero-order valence-corrected chi connectivity index (χ0v) is 38.5. The summed E-state index contributed by atoms with van der Waals surface area (Å²) in [5.41, 5.74) is 13.3. The van der Waals surface area contributed by atoms with Crippen LogP contribution in [0, 0.1) is 52.9 Å². The number of fused-ring (bicyclic) bond motifs is 2. The van der Waals surface area contributed by atoms with Crippen molar-refractivity contribution in [1.82, 2.24) is 5.32 Å². The summed E-state index contributed by atoms with van der Waals surface area (Å²) in [7, 11) is 1.73. The van der Waals surface area contributed by atoms with E-state index in [1.54, 1.807) is 7.11 Å². The first-order chi connectivity index (χ1) is 31.5. The van der Waals surface area contributed by atoms with Gasteiger partial charge in [0.05, 0.1) is 19.3 Å². The van der Waals surface area contributed by atoms with Crippen molar-refractivity contribution in [2.24, 2.45) is 51.6 Å². The van der Waals surface area contributed by atoms with Crippen LogP contribution in [0.25, 0.3) is 11.1 Å². The zero-order valence-electron chi connectivity index (χ0n) is 38.5. The molecule has 5 heterocycles. The van der Waals surface area contributed by atoms with Crippen LogP contribution in [0.5, 0.6) is 28.7 Å². The average molecular weight is 882 g/mol. The van der Waals surface area contributed by atoms with E-state index in [1.807, 2.05) is 30.3 Å². The van der Waals surface area contributed by atoms with Crippen LogP contribution in [0.15, 0.2) is 65.7 Å². The van der Waals surface area contributed by atoms with Crippen molar-refractivity contribution in [2.75, 3.05) is 20.2 Å². The van der Waals surface area contributed by atoms with E-state index in [0.717, 1.165) is 96.2 Å². The smallest absolute Gasteiger partial charge is 0.188 e. The minimum absolute atomic E-state index is 0.0455. The van der Waals surface area contributed by atoms with Gasteiger partial charge in [0, 0.05) is 60.4 Å². The summed E-state index contributed by atoms with van der Waals surface area (Å²) in [4.78, 5) is 4.83. The summed E-state index contributed by atoms with van der Waals surface area (Å²) >= 11 is 0. The van der Waals surface area contributed by atoms with Crippen LogP contribution in [-0.4, -0.2) is 59.8 Å². The van der Waals surface area contributed by atoms with Crippen LogP contribution in [0.3, 0.4) is 0 Å². The Morgan fingerprint density at radius 3 is 2.66 bits per heavy atom. The number of aliphatic hydroxyl groups excluding tert-OH is 2. The van der Waals surface area contributed by atoms with Crippen molar-refractivity contribution < 1.29 is 34.3 Å². The predicted octanol–water partition coefficient (Wildman–Crippen LogP) is 9.07. The van der Waals surface area contributed by atoms with Crippen molar-refractivity contribution >= 4 is 5.96 Å². The minimum Gasteiger partial charge on any atom is -0.508 e. The average Bonchev–Trinajstić information content (AvgIpc) is 3.37. The van der Waals surface area contributed by atoms with E-state index in [4.69, 9.17) is 29.7 Å². The maximum atomic E-state index is 12.4. The van der Waals surface area contributed by atoms with Gasteiger partial charge in [-0.1, -0.05) is 69.9 Å². The zero-order chi connectivity index (χ0) is 45.0. The number of nitrogens with one attached hydrogen (secondary N) is 1. The van der Waals surface area contributed by atoms with E-state index in [2.05, 4.69) is 68.5 Å². The Kier molecular flexibility index (Phi) is 12.1. The third-order valence-corrected chi connectivity index (χ3v) is 16.1. The van der Waals surface area contributed by atoms with Crippen molar-refractivity contribution in [3.63, 3.8) is 0 Å². The lowest BCUT2D eigenvalue weighted by Gasteiger charge is -2.50. The Labute approximate surface area is 384 Å². The summed E-state index contributed by atoms with van der Waals surface area (Å²) in [6, 6.07) is 12.0. The number of allylic oxidation sites excluding steroid dienone is 2. The number of phenols is 1. The highest BCUT2D eigenvalue weighted by molar-refractivity contribution is 5.84. The SMILES string of the molecule is CCC1CC2C=CC1CC(O)CCCNC(N)=NCC1C=CC34CC#COc5ccc(cc5OC3C1CCC4)C1Oc3cc(OC)c4c(c3CC1O)C2Cc1cc(O)c(CC(C)C)cc1-4. The fraction of sp³-hybridized carbons (Fsp3) is 0.545. The van der Waals surface area contributed by atoms with Gasteiger partial charge in [0.2, 0.25) is 0 Å². The van der Waals surface area contributed by atoms with Crippen LogP contribution in [0.4, 0.5) is 0 Å². The van der Waals surface area contributed by atoms with Gasteiger partial charge in [-0.25, -0.2) is 0 Å². The van der Waals surface area contributed by atoms with Gasteiger partial charge in [-0.15, -0.1) is 0 Å². The van der Waals surface area contributed by atoms with Crippen molar-refractivity contribution in [3.05, 3.63) is 88.5 Å². The molecule has 3 aromatic rings. The Morgan fingerprint density at radius 1 is 0.969 bits per heavy atom. The number of rotatable bonds is 4. The number of ether oxygens (including phenoxy) is 4. The standard InChI is InChI=1S/C55H67N3O7/c1-5-32-22-34-12-11-33(32)23-39(59)9-7-19-57-54(56)58-30-36-15-18-55-16-6-10-40(36)53(55)65-48-27-35(13-14-46(48)63-20-8-17-55)52-45(61)28-43-47(64-52)29-49(62-4)51-42-25-38(21-31(2)3)44(60)26-37(42)24-41(34)50(43)51/h11-15,18,25-27,29,31-34,36,39-41,45,52-53,59-61H,5-7,9-10,16-17,19,21-24,28,30H2,1-4H3,(H3,56,57,58). The number of hydrogen-bond acceptors (Lipinski definition) is 10. The maximum absolute atomic E-state index is 12.4. The normalized spacial score (nSPS) is 32.3. The van der Waals surface area contributed by atoms with E-state index in [-0.39, 0.29) is 41.1 Å². The molecule has 6 N–H and O–H groups in total. The first-order valence-electron chi connectivity index (χ1n) is 24.5. The van der Waals surface area contributed by atoms with Gasteiger partial charge in [0.25, 0.3) is 0 Å². The number of aromatic hydroxyl groups is 1. The number of methoxy groups -OCH3 is 1. The second-order valence-electron chi connectivity index (χ2n) is 20.6. The minimum atomic E-state index is -0.854. The number of benzene rings is 3. The molecule has 0 radical (unpaired) electrons. The maximum Gasteiger partial charge on any atom is 0.188 e. The molecule has 12 bridgehead atoms. The lowest BCUT2D eigenvalue weighted by molar-refractivity contribution is -0.0281. The molecular weight excluding hydrogens is 815 g/mol. The van der Waals surface area contributed by atoms with Crippen LogP contribution >= 0.6 is 0 Å². The molecule has 11 atom stereocenters. The van der Waals surface area contributed by atoms with E-state index in [1.165, 1.54) is 5.56 Å². The van der Waals surface area contributed by atoms with E-state index in [0.29, 0.717) is 73.8 Å². The lowest BCUT2D eigenvalue weighted by atomic mass is 9.59. The molecular formula is C55H67N3O7. The second kappa shape index (κ2) is 17.9. The summed E-state index contributed by atoms with van der Waals surface area (Å²) < 4.78 is 26.6. The summed E-state index contributed by atoms with van der Waals surface area (Å²) in [5, 5.41) is 38.5. The predicted molar refractivity (Wildman–Crippen MR) is 253 cm³/mol. The Morgan fingerprint density at radius 2 is 1.83 bits per heavy atom. The Bertz CT molecular complexity index is 2450. The molecule has 9 aliphatic rings. The molecule has 1 saturated carbocycles. The van der Waals surface area contributed by atoms with Crippen LogP contribution < -0.4 is 30.0 Å². The molecule has 10 nitrogen and oxygen atoms in total. The van der Waals surface area contributed by atoms with E-state index < -0.39 is 18.3 Å².